The molecule has 2 aromatic carbocycles. The topological polar surface area (TPSA) is 127 Å². The number of aliphatic hydroxyl groups is 1. The predicted octanol–water partition coefficient (Wildman–Crippen LogP) is 2.34. The summed E-state index contributed by atoms with van der Waals surface area (Å²) in [6.45, 7) is 0.788. The Balaban J connectivity index is 1.27. The normalized spacial score (nSPS) is 14.3. The van der Waals surface area contributed by atoms with Crippen LogP contribution in [0.15, 0.2) is 61.1 Å². The molecule has 1 aliphatic heterocycles. The molecule has 0 saturated carbocycles. The Morgan fingerprint density at radius 2 is 2.11 bits per heavy atom. The van der Waals surface area contributed by atoms with Crippen LogP contribution in [0.3, 0.4) is 0 Å². The summed E-state index contributed by atoms with van der Waals surface area (Å²) in [5.74, 6) is 0.932. The van der Waals surface area contributed by atoms with E-state index in [1.165, 1.54) is 18.5 Å². The van der Waals surface area contributed by atoms with Gasteiger partial charge in [0.1, 0.15) is 30.2 Å². The fraction of sp³-hybridized carbons (Fsp3) is 0.208. The van der Waals surface area contributed by atoms with E-state index in [0.29, 0.717) is 47.4 Å². The Morgan fingerprint density at radius 3 is 2.94 bits per heavy atom. The molecule has 2 aromatic heterocycles. The molecule has 3 N–H and O–H groups in total. The van der Waals surface area contributed by atoms with Crippen LogP contribution in [0.5, 0.6) is 5.75 Å². The zero-order chi connectivity index (χ0) is 24.2. The van der Waals surface area contributed by atoms with Gasteiger partial charge in [0, 0.05) is 35.6 Å². The summed E-state index contributed by atoms with van der Waals surface area (Å²) in [6.07, 6.45) is 3.04. The van der Waals surface area contributed by atoms with E-state index >= 15 is 0 Å². The van der Waals surface area contributed by atoms with Crippen LogP contribution in [0.4, 0.5) is 10.1 Å². The molecule has 5 rings (SSSR count). The number of fused-ring (bicyclic) bond motifs is 1. The predicted molar refractivity (Wildman–Crippen MR) is 124 cm³/mol. The van der Waals surface area contributed by atoms with Gasteiger partial charge in [-0.3, -0.25) is 4.79 Å². The highest BCUT2D eigenvalue weighted by molar-refractivity contribution is 5.95. The van der Waals surface area contributed by atoms with E-state index < -0.39 is 0 Å². The molecule has 1 atom stereocenters. The molecule has 178 valence electrons. The Hall–Kier alpha value is -4.38. The Morgan fingerprint density at radius 1 is 1.20 bits per heavy atom. The summed E-state index contributed by atoms with van der Waals surface area (Å²) in [7, 11) is 0. The van der Waals surface area contributed by atoms with E-state index in [1.54, 1.807) is 41.1 Å². The zero-order valence-electron chi connectivity index (χ0n) is 18.6. The van der Waals surface area contributed by atoms with Crippen molar-refractivity contribution in [3.8, 4) is 17.3 Å². The number of nitrogens with zero attached hydrogens (tertiary/aromatic N) is 5. The molecular formula is C24H22FN7O3. The van der Waals surface area contributed by atoms with Crippen LogP contribution in [-0.2, 0) is 13.1 Å². The van der Waals surface area contributed by atoms with Crippen molar-refractivity contribution in [2.75, 3.05) is 18.5 Å². The second-order valence-electron chi connectivity index (χ2n) is 7.86. The molecule has 1 aliphatic rings. The minimum atomic E-state index is -0.381. The van der Waals surface area contributed by atoms with Gasteiger partial charge in [-0.1, -0.05) is 12.1 Å². The molecule has 0 radical (unpaired) electrons. The highest BCUT2D eigenvalue weighted by Crippen LogP contribution is 2.33. The first-order valence-electron chi connectivity index (χ1n) is 11.0. The Labute approximate surface area is 199 Å². The molecule has 35 heavy (non-hydrogen) atoms. The van der Waals surface area contributed by atoms with Gasteiger partial charge >= 0.3 is 0 Å². The lowest BCUT2D eigenvalue weighted by atomic mass is 10.1. The van der Waals surface area contributed by atoms with Gasteiger partial charge in [0.15, 0.2) is 11.6 Å². The van der Waals surface area contributed by atoms with Gasteiger partial charge < -0.3 is 25.0 Å². The highest BCUT2D eigenvalue weighted by Gasteiger charge is 2.26. The molecular weight excluding hydrogens is 453 g/mol. The molecule has 3 heterocycles. The molecule has 11 heteroatoms. The minimum Gasteiger partial charge on any atom is -0.491 e. The number of carbonyl (C=O) groups is 1. The quantitative estimate of drug-likeness (QED) is 0.354. The number of aromatic nitrogens is 5. The molecule has 1 amide bonds. The number of hydrogen-bond donors (Lipinski definition) is 3. The molecule has 4 aromatic rings. The second kappa shape index (κ2) is 9.85. The van der Waals surface area contributed by atoms with Crippen molar-refractivity contribution in [2.24, 2.45) is 0 Å². The van der Waals surface area contributed by atoms with Crippen molar-refractivity contribution in [2.45, 2.75) is 19.1 Å². The number of aliphatic hydroxyl groups excluding tert-OH is 1. The molecule has 0 aliphatic carbocycles. The Kier molecular flexibility index (Phi) is 6.31. The van der Waals surface area contributed by atoms with Gasteiger partial charge in [-0.25, -0.2) is 14.4 Å². The van der Waals surface area contributed by atoms with Crippen molar-refractivity contribution in [1.29, 1.82) is 0 Å². The molecule has 0 fully saturated rings. The van der Waals surface area contributed by atoms with Crippen molar-refractivity contribution in [1.82, 2.24) is 30.0 Å². The van der Waals surface area contributed by atoms with Crippen LogP contribution in [-0.4, -0.2) is 49.0 Å². The lowest BCUT2D eigenvalue weighted by Gasteiger charge is -2.13. The molecule has 10 nitrogen and oxygen atoms in total. The molecule has 0 spiro atoms. The lowest BCUT2D eigenvalue weighted by Crippen LogP contribution is -2.29. The summed E-state index contributed by atoms with van der Waals surface area (Å²) in [5.41, 5.74) is 2.52. The standard InChI is InChI=1S/C24H22FN7O3/c25-16-4-5-18-20(13-35-21(18)11-16)29-24(34)15-2-1-3-17(10-15)27-12-22-30-31-23(32(22)8-9-33)19-6-7-26-14-28-19/h1-7,10-11,14,20,27,33H,8-9,12-13H2,(H,29,34)/t20-/m0/s1. The first kappa shape index (κ1) is 22.4. The van der Waals surface area contributed by atoms with Crippen molar-refractivity contribution in [3.05, 3.63) is 83.8 Å². The van der Waals surface area contributed by atoms with Crippen molar-refractivity contribution >= 4 is 11.6 Å². The average molecular weight is 475 g/mol. The number of rotatable bonds is 8. The van der Waals surface area contributed by atoms with Gasteiger partial charge in [-0.15, -0.1) is 10.2 Å². The van der Waals surface area contributed by atoms with Crippen LogP contribution in [0.25, 0.3) is 11.5 Å². The number of amides is 1. The van der Waals surface area contributed by atoms with Gasteiger partial charge in [0.2, 0.25) is 0 Å². The zero-order valence-corrected chi connectivity index (χ0v) is 18.6. The van der Waals surface area contributed by atoms with Gasteiger partial charge in [-0.05, 0) is 30.3 Å². The molecule has 0 saturated heterocycles. The fourth-order valence-corrected chi connectivity index (χ4v) is 3.91. The van der Waals surface area contributed by atoms with Crippen LogP contribution >= 0.6 is 0 Å². The first-order valence-corrected chi connectivity index (χ1v) is 11.0. The number of halogens is 1. The monoisotopic (exact) mass is 475 g/mol. The number of anilines is 1. The van der Waals surface area contributed by atoms with Gasteiger partial charge in [-0.2, -0.15) is 0 Å². The highest BCUT2D eigenvalue weighted by atomic mass is 19.1. The second-order valence-corrected chi connectivity index (χ2v) is 7.86. The Bertz CT molecular complexity index is 1350. The summed E-state index contributed by atoms with van der Waals surface area (Å²) in [5, 5.41) is 24.2. The summed E-state index contributed by atoms with van der Waals surface area (Å²) < 4.78 is 20.7. The number of carbonyl (C=O) groups excluding carboxylic acids is 1. The number of ether oxygens (including phenoxy) is 1. The van der Waals surface area contributed by atoms with E-state index in [9.17, 15) is 14.3 Å². The summed E-state index contributed by atoms with van der Waals surface area (Å²) in [6, 6.07) is 12.7. The van der Waals surface area contributed by atoms with Gasteiger partial charge in [0.25, 0.3) is 5.91 Å². The largest absolute Gasteiger partial charge is 0.491 e. The summed E-state index contributed by atoms with van der Waals surface area (Å²) >= 11 is 0. The third kappa shape index (κ3) is 4.80. The summed E-state index contributed by atoms with van der Waals surface area (Å²) in [4.78, 5) is 21.0. The maximum absolute atomic E-state index is 13.4. The SMILES string of the molecule is O=C(N[C@H]1COc2cc(F)ccc21)c1cccc(NCc2nnc(-c3ccncn3)n2CCO)c1. The number of benzene rings is 2. The van der Waals surface area contributed by atoms with Gasteiger partial charge in [0.05, 0.1) is 19.2 Å². The van der Waals surface area contributed by atoms with E-state index in [-0.39, 0.29) is 31.0 Å². The molecule has 0 bridgehead atoms. The number of hydrogen-bond acceptors (Lipinski definition) is 8. The number of nitrogens with one attached hydrogen (secondary N) is 2. The smallest absolute Gasteiger partial charge is 0.251 e. The van der Waals surface area contributed by atoms with Crippen LogP contribution < -0.4 is 15.4 Å². The van der Waals surface area contributed by atoms with E-state index in [0.717, 1.165) is 5.56 Å². The van der Waals surface area contributed by atoms with E-state index in [4.69, 9.17) is 4.74 Å². The van der Waals surface area contributed by atoms with Crippen LogP contribution in [0.1, 0.15) is 27.8 Å². The third-order valence-corrected chi connectivity index (χ3v) is 5.60. The van der Waals surface area contributed by atoms with E-state index in [1.807, 2.05) is 6.07 Å². The van der Waals surface area contributed by atoms with E-state index in [2.05, 4.69) is 30.8 Å². The van der Waals surface area contributed by atoms with Crippen LogP contribution in [0, 0.1) is 5.82 Å². The first-order chi connectivity index (χ1) is 17.1. The van der Waals surface area contributed by atoms with Crippen molar-refractivity contribution in [3.63, 3.8) is 0 Å². The average Bonchev–Trinajstić information content (AvgIpc) is 3.47. The van der Waals surface area contributed by atoms with Crippen LogP contribution in [0.2, 0.25) is 0 Å². The maximum atomic E-state index is 13.4. The fourth-order valence-electron chi connectivity index (χ4n) is 3.91. The lowest BCUT2D eigenvalue weighted by molar-refractivity contribution is 0.0930. The minimum absolute atomic E-state index is 0.0839. The third-order valence-electron chi connectivity index (χ3n) is 5.60. The van der Waals surface area contributed by atoms with Crippen molar-refractivity contribution < 1.29 is 19.0 Å². The molecule has 0 unspecified atom stereocenters. The maximum Gasteiger partial charge on any atom is 0.251 e.